The lowest BCUT2D eigenvalue weighted by molar-refractivity contribution is 0.102. The van der Waals surface area contributed by atoms with E-state index in [0.29, 0.717) is 38.5 Å². The zero-order valence-corrected chi connectivity index (χ0v) is 13.7. The van der Waals surface area contributed by atoms with Crippen LogP contribution in [0, 0.1) is 6.92 Å². The highest BCUT2D eigenvalue weighted by Crippen LogP contribution is 2.31. The molecule has 8 nitrogen and oxygen atoms in total. The summed E-state index contributed by atoms with van der Waals surface area (Å²) < 4.78 is 2.72. The maximum atomic E-state index is 11.0. The molecule has 1 aliphatic rings. The Hall–Kier alpha value is -1.87. The number of nitrogen functional groups attached to an aromatic ring is 1. The number of hydrogen-bond acceptors (Lipinski definition) is 5. The molecule has 118 valence electrons. The Balaban J connectivity index is 1.85. The number of piperazine rings is 1. The van der Waals surface area contributed by atoms with Crippen molar-refractivity contribution in [1.29, 1.82) is 0 Å². The van der Waals surface area contributed by atoms with E-state index >= 15 is 0 Å². The summed E-state index contributed by atoms with van der Waals surface area (Å²) in [6.07, 6.45) is 0.590. The van der Waals surface area contributed by atoms with Crippen molar-refractivity contribution >= 4 is 33.4 Å². The molecule has 2 aromatic heterocycles. The molecule has 3 rings (SSSR count). The van der Waals surface area contributed by atoms with Crippen LogP contribution < -0.4 is 5.73 Å². The summed E-state index contributed by atoms with van der Waals surface area (Å²) >= 11 is 3.56. The number of hydrogen-bond donors (Lipinski definition) is 2. The largest absolute Gasteiger partial charge is 0.465 e. The second kappa shape index (κ2) is 5.73. The average Bonchev–Trinajstić information content (AvgIpc) is 2.74. The van der Waals surface area contributed by atoms with Crippen LogP contribution in [0.4, 0.5) is 10.6 Å². The number of nitrogens with zero attached hydrogens (tertiary/aromatic N) is 5. The van der Waals surface area contributed by atoms with Gasteiger partial charge in [0.05, 0.1) is 10.2 Å². The Labute approximate surface area is 135 Å². The van der Waals surface area contributed by atoms with Crippen LogP contribution in [0.15, 0.2) is 10.8 Å². The monoisotopic (exact) mass is 368 g/mol. The average molecular weight is 369 g/mol. The molecule has 2 aromatic rings. The summed E-state index contributed by atoms with van der Waals surface area (Å²) in [4.78, 5) is 18.6. The van der Waals surface area contributed by atoms with Gasteiger partial charge in [-0.3, -0.25) is 4.90 Å². The van der Waals surface area contributed by atoms with E-state index < -0.39 is 6.09 Å². The zero-order chi connectivity index (χ0) is 15.9. The van der Waals surface area contributed by atoms with E-state index in [9.17, 15) is 4.79 Å². The molecule has 0 radical (unpaired) electrons. The van der Waals surface area contributed by atoms with Crippen molar-refractivity contribution in [3.63, 3.8) is 0 Å². The van der Waals surface area contributed by atoms with Gasteiger partial charge in [0, 0.05) is 32.7 Å². The lowest BCUT2D eigenvalue weighted by Gasteiger charge is -2.33. The molecule has 22 heavy (non-hydrogen) atoms. The second-order valence-electron chi connectivity index (χ2n) is 5.34. The molecule has 9 heteroatoms. The van der Waals surface area contributed by atoms with Crippen LogP contribution in [0.2, 0.25) is 0 Å². The fourth-order valence-corrected chi connectivity index (χ4v) is 3.33. The predicted octanol–water partition coefficient (Wildman–Crippen LogP) is 1.18. The zero-order valence-electron chi connectivity index (χ0n) is 12.2. The molecule has 1 amide bonds. The minimum Gasteiger partial charge on any atom is -0.465 e. The number of aromatic nitrogens is 3. The first-order chi connectivity index (χ1) is 10.5. The fraction of sp³-hybridized carbons (Fsp3) is 0.462. The summed E-state index contributed by atoms with van der Waals surface area (Å²) in [5, 5.41) is 13.3. The van der Waals surface area contributed by atoms with Gasteiger partial charge >= 0.3 is 6.09 Å². The van der Waals surface area contributed by atoms with Gasteiger partial charge in [0.2, 0.25) is 0 Å². The maximum absolute atomic E-state index is 11.0. The van der Waals surface area contributed by atoms with Gasteiger partial charge in [-0.1, -0.05) is 0 Å². The number of halogens is 1. The van der Waals surface area contributed by atoms with E-state index in [-0.39, 0.29) is 0 Å². The number of anilines is 1. The molecule has 0 atom stereocenters. The molecule has 3 heterocycles. The number of carboxylic acid groups (broad SMARTS) is 1. The van der Waals surface area contributed by atoms with Gasteiger partial charge < -0.3 is 15.7 Å². The molecule has 1 fully saturated rings. The predicted molar refractivity (Wildman–Crippen MR) is 84.7 cm³/mol. The molecule has 0 aromatic carbocycles. The van der Waals surface area contributed by atoms with Crippen LogP contribution in [0.25, 0.3) is 5.52 Å². The Kier molecular flexibility index (Phi) is 3.92. The van der Waals surface area contributed by atoms with Gasteiger partial charge in [0.15, 0.2) is 5.82 Å². The highest BCUT2D eigenvalue weighted by molar-refractivity contribution is 9.10. The molecule has 0 bridgehead atoms. The Morgan fingerprint density at radius 2 is 2.09 bits per heavy atom. The molecule has 1 saturated heterocycles. The molecule has 1 aliphatic heterocycles. The van der Waals surface area contributed by atoms with Crippen LogP contribution in [0.5, 0.6) is 0 Å². The second-order valence-corrected chi connectivity index (χ2v) is 6.13. The van der Waals surface area contributed by atoms with Gasteiger partial charge in [0.25, 0.3) is 0 Å². The molecular formula is C13H17BrN6O2. The first kappa shape index (κ1) is 15.0. The Bertz CT molecular complexity index is 723. The van der Waals surface area contributed by atoms with Crippen molar-refractivity contribution in [1.82, 2.24) is 24.4 Å². The fourth-order valence-electron chi connectivity index (χ4n) is 2.73. The summed E-state index contributed by atoms with van der Waals surface area (Å²) in [6.45, 7) is 5.17. The van der Waals surface area contributed by atoms with Crippen LogP contribution in [0.1, 0.15) is 11.3 Å². The molecule has 0 spiro atoms. The first-order valence-electron chi connectivity index (χ1n) is 6.95. The van der Waals surface area contributed by atoms with E-state index in [1.807, 2.05) is 11.4 Å². The summed E-state index contributed by atoms with van der Waals surface area (Å²) in [5.74, 6) is 0.437. The maximum Gasteiger partial charge on any atom is 0.407 e. The Morgan fingerprint density at radius 1 is 1.41 bits per heavy atom. The van der Waals surface area contributed by atoms with Crippen molar-refractivity contribution < 1.29 is 9.90 Å². The third-order valence-electron chi connectivity index (χ3n) is 4.06. The van der Waals surface area contributed by atoms with E-state index in [4.69, 9.17) is 10.8 Å². The van der Waals surface area contributed by atoms with Crippen molar-refractivity contribution in [2.24, 2.45) is 0 Å². The number of carbonyl (C=O) groups is 1. The minimum absolute atomic E-state index is 0.437. The molecule has 0 unspecified atom stereocenters. The van der Waals surface area contributed by atoms with Gasteiger partial charge in [0.1, 0.15) is 11.8 Å². The van der Waals surface area contributed by atoms with Crippen molar-refractivity contribution in [3.8, 4) is 0 Å². The first-order valence-corrected chi connectivity index (χ1v) is 7.74. The van der Waals surface area contributed by atoms with Crippen molar-refractivity contribution in [2.45, 2.75) is 13.5 Å². The number of rotatable bonds is 2. The molecule has 0 aliphatic carbocycles. The minimum atomic E-state index is -0.854. The van der Waals surface area contributed by atoms with Gasteiger partial charge in [-0.25, -0.2) is 14.3 Å². The highest BCUT2D eigenvalue weighted by atomic mass is 79.9. The van der Waals surface area contributed by atoms with Crippen LogP contribution in [-0.4, -0.2) is 61.8 Å². The van der Waals surface area contributed by atoms with Crippen LogP contribution in [-0.2, 0) is 6.54 Å². The quantitative estimate of drug-likeness (QED) is 0.825. The number of amides is 1. The normalized spacial score (nSPS) is 16.4. The van der Waals surface area contributed by atoms with E-state index in [1.54, 1.807) is 0 Å². The molecule has 3 N–H and O–H groups in total. The van der Waals surface area contributed by atoms with Crippen molar-refractivity contribution in [2.75, 3.05) is 31.9 Å². The summed E-state index contributed by atoms with van der Waals surface area (Å²) in [6, 6.07) is 0. The SMILES string of the molecule is Cc1c(Br)c2c(N)ncnn2c1CN1CCN(C(=O)O)CC1. The highest BCUT2D eigenvalue weighted by Gasteiger charge is 2.23. The lowest BCUT2D eigenvalue weighted by atomic mass is 10.2. The van der Waals surface area contributed by atoms with Crippen LogP contribution in [0.3, 0.4) is 0 Å². The standard InChI is InChI=1S/C13H17BrN6O2/c1-8-9(6-18-2-4-19(5-3-18)13(21)22)20-11(10(8)14)12(15)16-7-17-20/h7H,2-6H2,1H3,(H,21,22)(H2,15,16,17). The lowest BCUT2D eigenvalue weighted by Crippen LogP contribution is -2.47. The summed E-state index contributed by atoms with van der Waals surface area (Å²) in [7, 11) is 0. The third kappa shape index (κ3) is 2.50. The van der Waals surface area contributed by atoms with Gasteiger partial charge in [-0.05, 0) is 28.4 Å². The van der Waals surface area contributed by atoms with Gasteiger partial charge in [-0.15, -0.1) is 0 Å². The van der Waals surface area contributed by atoms with Crippen molar-refractivity contribution in [3.05, 3.63) is 22.1 Å². The molecular weight excluding hydrogens is 352 g/mol. The molecule has 0 saturated carbocycles. The van der Waals surface area contributed by atoms with Crippen LogP contribution >= 0.6 is 15.9 Å². The van der Waals surface area contributed by atoms with Gasteiger partial charge in [-0.2, -0.15) is 5.10 Å². The Morgan fingerprint density at radius 3 is 2.73 bits per heavy atom. The smallest absolute Gasteiger partial charge is 0.407 e. The van der Waals surface area contributed by atoms with E-state index in [2.05, 4.69) is 30.9 Å². The van der Waals surface area contributed by atoms with E-state index in [1.165, 1.54) is 11.2 Å². The summed E-state index contributed by atoms with van der Waals surface area (Å²) in [5.41, 5.74) is 8.83. The van der Waals surface area contributed by atoms with E-state index in [0.717, 1.165) is 21.2 Å². The number of fused-ring (bicyclic) bond motifs is 1. The topological polar surface area (TPSA) is 100.0 Å². The third-order valence-corrected chi connectivity index (χ3v) is 5.03. The number of nitrogens with two attached hydrogens (primary N) is 1.